The number of hydrogen-bond acceptors (Lipinski definition) is 9. The lowest BCUT2D eigenvalue weighted by Crippen LogP contribution is -2.48. The van der Waals surface area contributed by atoms with Gasteiger partial charge < -0.3 is 35.1 Å². The van der Waals surface area contributed by atoms with Crippen molar-refractivity contribution in [2.45, 2.75) is 31.7 Å². The molecule has 208 valence electrons. The van der Waals surface area contributed by atoms with Crippen molar-refractivity contribution in [3.05, 3.63) is 12.4 Å². The number of nitrogens with zero attached hydrogens (tertiary/aromatic N) is 5. The molecule has 0 aromatic heterocycles. The van der Waals surface area contributed by atoms with E-state index in [1.54, 1.807) is 20.9 Å². The molecule has 1 saturated carbocycles. The summed E-state index contributed by atoms with van der Waals surface area (Å²) in [5.74, 6) is -4.64. The molecule has 1 aliphatic carbocycles. The van der Waals surface area contributed by atoms with Crippen LogP contribution in [0.1, 0.15) is 25.7 Å². The Morgan fingerprint density at radius 3 is 1.49 bits per heavy atom. The van der Waals surface area contributed by atoms with E-state index >= 15 is 0 Å². The maximum atomic E-state index is 13.2. The van der Waals surface area contributed by atoms with E-state index in [1.807, 2.05) is 0 Å². The summed E-state index contributed by atoms with van der Waals surface area (Å²) in [5.41, 5.74) is 0. The lowest BCUT2D eigenvalue weighted by molar-refractivity contribution is -0.146. The standard InChI is InChI=1S/C23H37N5O9/c29-19(28(17-23(36)37)18-3-1-2-4-18)13-24-5-7-25(14-20(30)31)9-11-27(16-22(34)35)12-10-26(8-6-24)15-21(32)33/h5,7,18H,1-4,6,8-17H2,(H,30,31)(H,32,33)(H,34,35)(H,36,37)/b7-5-. The summed E-state index contributed by atoms with van der Waals surface area (Å²) in [6, 6.07) is -0.146. The number of rotatable bonds is 11. The van der Waals surface area contributed by atoms with Gasteiger partial charge in [0.05, 0.1) is 19.6 Å². The normalized spacial score (nSPS) is 19.6. The van der Waals surface area contributed by atoms with Gasteiger partial charge in [-0.1, -0.05) is 12.8 Å². The summed E-state index contributed by atoms with van der Waals surface area (Å²) in [6.45, 7) is -0.0115. The SMILES string of the molecule is O=C(O)CN1/C=C\N(CC(=O)N(CC(=O)O)C2CCCC2)CCN(CC(=O)O)CCN(CC(=O)O)CC1. The van der Waals surface area contributed by atoms with Gasteiger partial charge >= 0.3 is 23.9 Å². The third kappa shape index (κ3) is 11.5. The third-order valence-electron chi connectivity index (χ3n) is 6.41. The van der Waals surface area contributed by atoms with Crippen LogP contribution in [0.4, 0.5) is 0 Å². The average Bonchev–Trinajstić information content (AvgIpc) is 3.32. The zero-order chi connectivity index (χ0) is 27.4. The molecule has 0 saturated heterocycles. The van der Waals surface area contributed by atoms with E-state index in [4.69, 9.17) is 0 Å². The van der Waals surface area contributed by atoms with Crippen LogP contribution in [0.25, 0.3) is 0 Å². The van der Waals surface area contributed by atoms with Crippen LogP contribution in [0, 0.1) is 0 Å². The molecule has 1 heterocycles. The molecule has 0 atom stereocenters. The fourth-order valence-corrected chi connectivity index (χ4v) is 4.57. The highest BCUT2D eigenvalue weighted by Gasteiger charge is 2.29. The van der Waals surface area contributed by atoms with E-state index in [9.17, 15) is 44.4 Å². The molecule has 14 heteroatoms. The lowest BCUT2D eigenvalue weighted by atomic mass is 10.2. The highest BCUT2D eigenvalue weighted by Crippen LogP contribution is 2.23. The first-order valence-electron chi connectivity index (χ1n) is 12.3. The first-order chi connectivity index (χ1) is 17.5. The topological polar surface area (TPSA) is 182 Å². The Balaban J connectivity index is 2.25. The Morgan fingerprint density at radius 2 is 1.05 bits per heavy atom. The molecule has 1 fully saturated rings. The first kappa shape index (κ1) is 29.8. The molecule has 0 radical (unpaired) electrons. The van der Waals surface area contributed by atoms with Crippen molar-refractivity contribution < 1.29 is 44.4 Å². The van der Waals surface area contributed by atoms with Crippen molar-refractivity contribution in [3.8, 4) is 0 Å². The van der Waals surface area contributed by atoms with Crippen molar-refractivity contribution in [2.24, 2.45) is 0 Å². The van der Waals surface area contributed by atoms with Gasteiger partial charge in [-0.05, 0) is 12.8 Å². The minimum absolute atomic E-state index is 0.146. The van der Waals surface area contributed by atoms with Crippen molar-refractivity contribution in [2.75, 3.05) is 72.0 Å². The maximum absolute atomic E-state index is 13.2. The second kappa shape index (κ2) is 15.0. The molecule has 4 N–H and O–H groups in total. The number of carbonyl (C=O) groups is 5. The Kier molecular flexibility index (Phi) is 12.1. The minimum Gasteiger partial charge on any atom is -0.480 e. The van der Waals surface area contributed by atoms with Gasteiger partial charge in [0.25, 0.3) is 0 Å². The van der Waals surface area contributed by atoms with Gasteiger partial charge in [-0.3, -0.25) is 33.8 Å². The van der Waals surface area contributed by atoms with Gasteiger partial charge in [0.15, 0.2) is 0 Å². The van der Waals surface area contributed by atoms with Gasteiger partial charge in [0.2, 0.25) is 5.91 Å². The molecule has 0 aromatic carbocycles. The molecule has 0 bridgehead atoms. The number of carbonyl (C=O) groups excluding carboxylic acids is 1. The molecule has 0 spiro atoms. The van der Waals surface area contributed by atoms with E-state index in [2.05, 4.69) is 0 Å². The van der Waals surface area contributed by atoms with E-state index in [0.29, 0.717) is 0 Å². The number of carboxylic acids is 4. The van der Waals surface area contributed by atoms with Crippen LogP contribution in [-0.2, 0) is 24.0 Å². The highest BCUT2D eigenvalue weighted by atomic mass is 16.4. The van der Waals surface area contributed by atoms with Crippen LogP contribution in [0.15, 0.2) is 12.4 Å². The highest BCUT2D eigenvalue weighted by molar-refractivity contribution is 5.83. The van der Waals surface area contributed by atoms with Crippen molar-refractivity contribution >= 4 is 29.8 Å². The molecular formula is C23H37N5O9. The van der Waals surface area contributed by atoms with E-state index < -0.39 is 30.4 Å². The second-order valence-electron chi connectivity index (χ2n) is 9.33. The van der Waals surface area contributed by atoms with Crippen LogP contribution in [0.5, 0.6) is 0 Å². The number of hydrogen-bond donors (Lipinski definition) is 4. The summed E-state index contributed by atoms with van der Waals surface area (Å²) in [6.07, 6.45) is 6.38. The van der Waals surface area contributed by atoms with Gasteiger partial charge in [-0.25, -0.2) is 0 Å². The Morgan fingerprint density at radius 1 is 0.622 bits per heavy atom. The lowest BCUT2D eigenvalue weighted by Gasteiger charge is -2.33. The van der Waals surface area contributed by atoms with Crippen LogP contribution >= 0.6 is 0 Å². The number of amides is 1. The summed E-state index contributed by atoms with van der Waals surface area (Å²) >= 11 is 0. The molecule has 1 aliphatic heterocycles. The average molecular weight is 528 g/mol. The van der Waals surface area contributed by atoms with E-state index in [0.717, 1.165) is 25.7 Å². The summed E-state index contributed by atoms with van der Waals surface area (Å²) in [5, 5.41) is 37.2. The predicted octanol–water partition coefficient (Wildman–Crippen LogP) is -1.21. The van der Waals surface area contributed by atoms with Gasteiger partial charge in [-0.2, -0.15) is 0 Å². The summed E-state index contributed by atoms with van der Waals surface area (Å²) in [7, 11) is 0. The predicted molar refractivity (Wildman–Crippen MR) is 130 cm³/mol. The summed E-state index contributed by atoms with van der Waals surface area (Å²) in [4.78, 5) is 66.4. The van der Waals surface area contributed by atoms with Crippen molar-refractivity contribution in [1.29, 1.82) is 0 Å². The minimum atomic E-state index is -1.10. The maximum Gasteiger partial charge on any atom is 0.323 e. The Hall–Kier alpha value is -3.39. The second-order valence-corrected chi connectivity index (χ2v) is 9.33. The Bertz CT molecular complexity index is 846. The fraction of sp³-hybridized carbons (Fsp3) is 0.696. The van der Waals surface area contributed by atoms with Crippen molar-refractivity contribution in [1.82, 2.24) is 24.5 Å². The van der Waals surface area contributed by atoms with Gasteiger partial charge in [-0.15, -0.1) is 0 Å². The van der Waals surface area contributed by atoms with Crippen LogP contribution in [-0.4, -0.2) is 153 Å². The largest absolute Gasteiger partial charge is 0.480 e. The smallest absolute Gasteiger partial charge is 0.323 e. The number of carboxylic acid groups (broad SMARTS) is 4. The zero-order valence-corrected chi connectivity index (χ0v) is 20.9. The van der Waals surface area contributed by atoms with Crippen LogP contribution in [0.2, 0.25) is 0 Å². The number of aliphatic carboxylic acids is 4. The van der Waals surface area contributed by atoms with E-state index in [1.165, 1.54) is 16.0 Å². The monoisotopic (exact) mass is 527 g/mol. The molecule has 2 aliphatic rings. The summed E-state index contributed by atoms with van der Waals surface area (Å²) < 4.78 is 0. The molecular weight excluding hydrogens is 490 g/mol. The third-order valence-corrected chi connectivity index (χ3v) is 6.41. The van der Waals surface area contributed by atoms with Gasteiger partial charge in [0.1, 0.15) is 13.1 Å². The fourth-order valence-electron chi connectivity index (χ4n) is 4.57. The molecule has 0 unspecified atom stereocenters. The molecule has 0 aromatic rings. The quantitative estimate of drug-likeness (QED) is 0.251. The molecule has 2 rings (SSSR count). The molecule has 14 nitrogen and oxygen atoms in total. The first-order valence-corrected chi connectivity index (χ1v) is 12.3. The van der Waals surface area contributed by atoms with Gasteiger partial charge in [0, 0.05) is 57.7 Å². The van der Waals surface area contributed by atoms with Crippen molar-refractivity contribution in [3.63, 3.8) is 0 Å². The zero-order valence-electron chi connectivity index (χ0n) is 20.9. The Labute approximate surface area is 215 Å². The molecule has 37 heavy (non-hydrogen) atoms. The molecule has 1 amide bonds. The van der Waals surface area contributed by atoms with Crippen LogP contribution < -0.4 is 0 Å². The van der Waals surface area contributed by atoms with E-state index in [-0.39, 0.29) is 77.4 Å². The van der Waals surface area contributed by atoms with Crippen LogP contribution in [0.3, 0.4) is 0 Å².